The van der Waals surface area contributed by atoms with E-state index in [-0.39, 0.29) is 0 Å². The molecule has 0 aromatic carbocycles. The van der Waals surface area contributed by atoms with Crippen molar-refractivity contribution in [1.82, 2.24) is 0 Å². The first-order valence-corrected chi connectivity index (χ1v) is 6.27. The molecule has 0 radical (unpaired) electrons. The highest BCUT2D eigenvalue weighted by Crippen LogP contribution is 2.10. The highest BCUT2D eigenvalue weighted by Gasteiger charge is 2.19. The second-order valence-corrected chi connectivity index (χ2v) is 3.98. The summed E-state index contributed by atoms with van der Waals surface area (Å²) in [6.07, 6.45) is 1.24. The van der Waals surface area contributed by atoms with Gasteiger partial charge in [0.25, 0.3) is 0 Å². The van der Waals surface area contributed by atoms with Crippen LogP contribution in [-0.4, -0.2) is 34.3 Å². The molecule has 2 atom stereocenters. The molecule has 4 heteroatoms. The smallest absolute Gasteiger partial charge is 0.0899 e. The van der Waals surface area contributed by atoms with Crippen molar-refractivity contribution in [2.24, 2.45) is 0 Å². The van der Waals surface area contributed by atoms with E-state index in [1.54, 1.807) is 0 Å². The minimum absolute atomic E-state index is 0.621. The normalized spacial score (nSPS) is 34.2. The first-order valence-electron chi connectivity index (χ1n) is 3.22. The molecule has 2 nitrogen and oxygen atoms in total. The van der Waals surface area contributed by atoms with Gasteiger partial charge >= 0.3 is 0 Å². The summed E-state index contributed by atoms with van der Waals surface area (Å²) in [7, 11) is 0. The van der Waals surface area contributed by atoms with E-state index in [1.165, 1.54) is 0 Å². The Morgan fingerprint density at radius 2 is 1.30 bits per heavy atom. The molecule has 0 amide bonds. The quantitative estimate of drug-likeness (QED) is 0.421. The lowest BCUT2D eigenvalue weighted by Gasteiger charge is -1.67. The number of hydrogen-bond acceptors (Lipinski definition) is 2. The van der Waals surface area contributed by atoms with Gasteiger partial charge in [-0.2, -0.15) is 0 Å². The third-order valence-electron chi connectivity index (χ3n) is 1.15. The first kappa shape index (κ1) is 9.47. The second kappa shape index (κ2) is 5.10. The van der Waals surface area contributed by atoms with E-state index >= 15 is 0 Å². The third-order valence-corrected chi connectivity index (χ3v) is 3.11. The number of rotatable bonds is 2. The van der Waals surface area contributed by atoms with Gasteiger partial charge in [-0.25, -0.2) is 0 Å². The third kappa shape index (κ3) is 5.09. The van der Waals surface area contributed by atoms with Gasteiger partial charge in [0.2, 0.25) is 0 Å². The Labute approximate surface area is 88.3 Å². The summed E-state index contributed by atoms with van der Waals surface area (Å²) in [4.78, 5) is 0. The molecule has 60 valence electrons. The molecule has 0 saturated carbocycles. The van der Waals surface area contributed by atoms with E-state index < -0.39 is 0 Å². The van der Waals surface area contributed by atoms with Gasteiger partial charge in [0.1, 0.15) is 0 Å². The molecule has 2 fully saturated rings. The average molecular weight is 368 g/mol. The zero-order valence-corrected chi connectivity index (χ0v) is 9.87. The van der Waals surface area contributed by atoms with Gasteiger partial charge in [-0.05, 0) is 0 Å². The molecular formula is C6H10I2O2. The molecule has 10 heavy (non-hydrogen) atoms. The van der Waals surface area contributed by atoms with Crippen LogP contribution in [0, 0.1) is 0 Å². The summed E-state index contributed by atoms with van der Waals surface area (Å²) in [5, 5.41) is 0. The van der Waals surface area contributed by atoms with Crippen LogP contribution in [-0.2, 0) is 9.47 Å². The summed E-state index contributed by atoms with van der Waals surface area (Å²) < 4.78 is 12.0. The van der Waals surface area contributed by atoms with Gasteiger partial charge in [-0.3, -0.25) is 0 Å². The second-order valence-electron chi connectivity index (χ2n) is 2.22. The molecular weight excluding hydrogens is 358 g/mol. The molecule has 0 aliphatic carbocycles. The van der Waals surface area contributed by atoms with E-state index in [9.17, 15) is 0 Å². The molecule has 2 unspecified atom stereocenters. The van der Waals surface area contributed by atoms with Crippen molar-refractivity contribution in [1.29, 1.82) is 0 Å². The molecule has 2 aliphatic heterocycles. The van der Waals surface area contributed by atoms with Gasteiger partial charge in [-0.15, -0.1) is 0 Å². The van der Waals surface area contributed by atoms with E-state index in [4.69, 9.17) is 9.47 Å². The molecule has 0 bridgehead atoms. The highest BCUT2D eigenvalue weighted by atomic mass is 127. The van der Waals surface area contributed by atoms with Crippen LogP contribution in [0.1, 0.15) is 0 Å². The molecule has 0 N–H and O–H groups in total. The van der Waals surface area contributed by atoms with Gasteiger partial charge < -0.3 is 9.47 Å². The van der Waals surface area contributed by atoms with Gasteiger partial charge in [-0.1, -0.05) is 45.2 Å². The van der Waals surface area contributed by atoms with E-state index in [1.807, 2.05) is 0 Å². The van der Waals surface area contributed by atoms with Gasteiger partial charge in [0.15, 0.2) is 0 Å². The Balaban J connectivity index is 0.0000001000. The van der Waals surface area contributed by atoms with Crippen LogP contribution < -0.4 is 0 Å². The number of hydrogen-bond donors (Lipinski definition) is 0. The average Bonchev–Trinajstić information content (AvgIpc) is 2.86. The fourth-order valence-electron chi connectivity index (χ4n) is 0.314. The van der Waals surface area contributed by atoms with Crippen LogP contribution in [0.2, 0.25) is 0 Å². The van der Waals surface area contributed by atoms with Gasteiger partial charge in [0, 0.05) is 8.86 Å². The van der Waals surface area contributed by atoms with Crippen molar-refractivity contribution in [3.05, 3.63) is 0 Å². The topological polar surface area (TPSA) is 25.1 Å². The maximum absolute atomic E-state index is 4.85. The zero-order chi connectivity index (χ0) is 7.40. The maximum Gasteiger partial charge on any atom is 0.0899 e. The maximum atomic E-state index is 4.85. The Bertz CT molecular complexity index is 79.7. The van der Waals surface area contributed by atoms with E-state index in [0.717, 1.165) is 22.1 Å². The van der Waals surface area contributed by atoms with Crippen LogP contribution in [0.5, 0.6) is 0 Å². The Hall–Kier alpha value is 1.38. The fourth-order valence-corrected chi connectivity index (χ4v) is 1.33. The van der Waals surface area contributed by atoms with E-state index in [0.29, 0.717) is 12.2 Å². The minimum atomic E-state index is 0.621. The molecule has 0 aromatic heterocycles. The predicted molar refractivity (Wildman–Crippen MR) is 57.3 cm³/mol. The Kier molecular flexibility index (Phi) is 4.83. The summed E-state index contributed by atoms with van der Waals surface area (Å²) in [6.45, 7) is 2.01. The van der Waals surface area contributed by atoms with E-state index in [2.05, 4.69) is 45.2 Å². The highest BCUT2D eigenvalue weighted by molar-refractivity contribution is 14.1. The molecule has 2 rings (SSSR count). The van der Waals surface area contributed by atoms with Crippen LogP contribution in [0.3, 0.4) is 0 Å². The molecule has 0 spiro atoms. The van der Waals surface area contributed by atoms with Crippen LogP contribution >= 0.6 is 45.2 Å². The molecule has 2 aliphatic rings. The number of ether oxygens (including phenoxy) is 2. The summed E-state index contributed by atoms with van der Waals surface area (Å²) in [6, 6.07) is 0. The van der Waals surface area contributed by atoms with Crippen molar-refractivity contribution in [2.75, 3.05) is 22.1 Å². The molecule has 2 heterocycles. The SMILES string of the molecule is ICC1CO1.ICC1CO1. The zero-order valence-electron chi connectivity index (χ0n) is 5.56. The largest absolute Gasteiger partial charge is 0.372 e. The summed E-state index contributed by atoms with van der Waals surface area (Å²) >= 11 is 4.63. The van der Waals surface area contributed by atoms with Crippen molar-refractivity contribution in [3.63, 3.8) is 0 Å². The molecule has 2 saturated heterocycles. The van der Waals surface area contributed by atoms with Crippen LogP contribution in [0.15, 0.2) is 0 Å². The summed E-state index contributed by atoms with van der Waals surface area (Å²) in [5.41, 5.74) is 0. The standard InChI is InChI=1S/2C3H5IO/c2*4-1-3-2-5-3/h2*3H,1-2H2. The number of epoxide rings is 2. The van der Waals surface area contributed by atoms with Crippen molar-refractivity contribution >= 4 is 45.2 Å². The van der Waals surface area contributed by atoms with Crippen molar-refractivity contribution in [2.45, 2.75) is 12.2 Å². The minimum Gasteiger partial charge on any atom is -0.372 e. The molecule has 0 aromatic rings. The fraction of sp³-hybridized carbons (Fsp3) is 1.00. The lowest BCUT2D eigenvalue weighted by molar-refractivity contribution is 0.428. The number of halogens is 2. The van der Waals surface area contributed by atoms with Crippen molar-refractivity contribution < 1.29 is 9.47 Å². The monoisotopic (exact) mass is 368 g/mol. The number of alkyl halides is 2. The lowest BCUT2D eigenvalue weighted by atomic mass is 10.6. The van der Waals surface area contributed by atoms with Gasteiger partial charge in [0.05, 0.1) is 25.4 Å². The first-order chi connectivity index (χ1) is 4.86. The predicted octanol–water partition coefficient (Wildman–Crippen LogP) is 1.64. The Morgan fingerprint density at radius 1 is 1.00 bits per heavy atom. The van der Waals surface area contributed by atoms with Crippen LogP contribution in [0.25, 0.3) is 0 Å². The Morgan fingerprint density at radius 3 is 1.30 bits per heavy atom. The lowest BCUT2D eigenvalue weighted by Crippen LogP contribution is -1.79. The van der Waals surface area contributed by atoms with Crippen molar-refractivity contribution in [3.8, 4) is 0 Å². The summed E-state index contributed by atoms with van der Waals surface area (Å²) in [5.74, 6) is 0. The van der Waals surface area contributed by atoms with Crippen LogP contribution in [0.4, 0.5) is 0 Å².